The van der Waals surface area contributed by atoms with E-state index in [-0.39, 0.29) is 10.8 Å². The Morgan fingerprint density at radius 2 is 1.54 bits per heavy atom. The summed E-state index contributed by atoms with van der Waals surface area (Å²) in [5.41, 5.74) is 2.63. The van der Waals surface area contributed by atoms with Crippen LogP contribution in [-0.4, -0.2) is 27.4 Å². The van der Waals surface area contributed by atoms with Crippen LogP contribution in [0.5, 0.6) is 0 Å². The van der Waals surface area contributed by atoms with E-state index in [1.54, 1.807) is 30.3 Å². The molecule has 0 unspecified atom stereocenters. The summed E-state index contributed by atoms with van der Waals surface area (Å²) in [6, 6.07) is 27.5. The van der Waals surface area contributed by atoms with Gasteiger partial charge in [-0.25, -0.2) is 8.42 Å². The van der Waals surface area contributed by atoms with Crippen molar-refractivity contribution in [3.63, 3.8) is 0 Å². The number of amides is 1. The first kappa shape index (κ1) is 22.9. The summed E-state index contributed by atoms with van der Waals surface area (Å²) in [6.45, 7) is 2.14. The van der Waals surface area contributed by atoms with Crippen molar-refractivity contribution in [1.29, 1.82) is 0 Å². The maximum absolute atomic E-state index is 13.3. The molecule has 4 aromatic carbocycles. The Morgan fingerprint density at radius 1 is 0.829 bits per heavy atom. The lowest BCUT2D eigenvalue weighted by atomic mass is 10.1. The molecular formula is C28H27N3O3S. The van der Waals surface area contributed by atoms with E-state index in [1.165, 1.54) is 0 Å². The van der Waals surface area contributed by atoms with Crippen molar-refractivity contribution in [3.8, 4) is 0 Å². The van der Waals surface area contributed by atoms with Gasteiger partial charge in [-0.1, -0.05) is 66.7 Å². The normalized spacial score (nSPS) is 13.7. The summed E-state index contributed by atoms with van der Waals surface area (Å²) in [5, 5.41) is 4.48. The molecule has 1 aliphatic rings. The summed E-state index contributed by atoms with van der Waals surface area (Å²) in [6.07, 6.45) is 2.14. The predicted molar refractivity (Wildman–Crippen MR) is 140 cm³/mol. The van der Waals surface area contributed by atoms with Gasteiger partial charge in [-0.3, -0.25) is 9.52 Å². The molecule has 1 aliphatic heterocycles. The maximum atomic E-state index is 13.3. The summed E-state index contributed by atoms with van der Waals surface area (Å²) < 4.78 is 29.3. The quantitative estimate of drug-likeness (QED) is 0.379. The molecular weight excluding hydrogens is 458 g/mol. The van der Waals surface area contributed by atoms with Gasteiger partial charge in [0.1, 0.15) is 0 Å². The molecule has 0 saturated carbocycles. The highest BCUT2D eigenvalue weighted by atomic mass is 32.2. The molecule has 1 heterocycles. The van der Waals surface area contributed by atoms with Crippen LogP contribution in [0.25, 0.3) is 10.8 Å². The molecule has 0 spiro atoms. The fourth-order valence-corrected chi connectivity index (χ4v) is 5.81. The molecule has 7 heteroatoms. The van der Waals surface area contributed by atoms with Gasteiger partial charge in [-0.05, 0) is 48.1 Å². The van der Waals surface area contributed by atoms with E-state index in [0.29, 0.717) is 23.2 Å². The molecule has 5 rings (SSSR count). The van der Waals surface area contributed by atoms with Crippen LogP contribution in [0.2, 0.25) is 0 Å². The molecule has 1 saturated heterocycles. The van der Waals surface area contributed by atoms with E-state index in [4.69, 9.17) is 0 Å². The van der Waals surface area contributed by atoms with E-state index in [0.717, 1.165) is 42.6 Å². The Labute approximate surface area is 205 Å². The highest BCUT2D eigenvalue weighted by Gasteiger charge is 2.22. The third kappa shape index (κ3) is 5.00. The van der Waals surface area contributed by atoms with Crippen LogP contribution in [0.15, 0.2) is 95.9 Å². The lowest BCUT2D eigenvalue weighted by Gasteiger charge is -2.22. The van der Waals surface area contributed by atoms with Gasteiger partial charge in [0.2, 0.25) is 0 Å². The molecule has 1 amide bonds. The molecule has 0 aromatic heterocycles. The second kappa shape index (κ2) is 9.80. The van der Waals surface area contributed by atoms with Crippen LogP contribution >= 0.6 is 0 Å². The van der Waals surface area contributed by atoms with E-state index in [2.05, 4.69) is 14.9 Å². The van der Waals surface area contributed by atoms with Gasteiger partial charge in [0, 0.05) is 36.4 Å². The standard InChI is InChI=1S/C28H27N3O3S/c32-28(29-20-21-9-2-1-3-10-21)25-19-23(15-16-26(25)31-17-6-7-18-31)30-35(33,34)27-14-8-12-22-11-4-5-13-24(22)27/h1-5,8-16,19,30H,6-7,17-18,20H2,(H,29,32). The molecule has 35 heavy (non-hydrogen) atoms. The number of sulfonamides is 1. The van der Waals surface area contributed by atoms with E-state index in [9.17, 15) is 13.2 Å². The van der Waals surface area contributed by atoms with Crippen LogP contribution < -0.4 is 14.9 Å². The van der Waals surface area contributed by atoms with Crippen LogP contribution in [0.3, 0.4) is 0 Å². The number of nitrogens with zero attached hydrogens (tertiary/aromatic N) is 1. The summed E-state index contributed by atoms with van der Waals surface area (Å²) in [7, 11) is -3.86. The van der Waals surface area contributed by atoms with Crippen molar-refractivity contribution in [2.75, 3.05) is 22.7 Å². The second-order valence-electron chi connectivity index (χ2n) is 8.68. The molecule has 4 aromatic rings. The Hall–Kier alpha value is -3.84. The van der Waals surface area contributed by atoms with Crippen molar-refractivity contribution < 1.29 is 13.2 Å². The highest BCUT2D eigenvalue weighted by molar-refractivity contribution is 7.93. The van der Waals surface area contributed by atoms with Crippen molar-refractivity contribution >= 4 is 38.1 Å². The predicted octanol–water partition coefficient (Wildman–Crippen LogP) is 5.17. The molecule has 0 radical (unpaired) electrons. The SMILES string of the molecule is O=C(NCc1ccccc1)c1cc(NS(=O)(=O)c2cccc3ccccc23)ccc1N1CCCC1. The van der Waals surface area contributed by atoms with Crippen LogP contribution in [-0.2, 0) is 16.6 Å². The minimum absolute atomic E-state index is 0.203. The summed E-state index contributed by atoms with van der Waals surface area (Å²) in [4.78, 5) is 15.6. The van der Waals surface area contributed by atoms with E-state index < -0.39 is 10.0 Å². The van der Waals surface area contributed by atoms with Gasteiger partial charge in [-0.2, -0.15) is 0 Å². The minimum atomic E-state index is -3.86. The zero-order valence-electron chi connectivity index (χ0n) is 19.3. The molecule has 178 valence electrons. The summed E-state index contributed by atoms with van der Waals surface area (Å²) >= 11 is 0. The smallest absolute Gasteiger partial charge is 0.262 e. The third-order valence-corrected chi connectivity index (χ3v) is 7.71. The number of hydrogen-bond acceptors (Lipinski definition) is 4. The fourth-order valence-electron chi connectivity index (χ4n) is 4.53. The Kier molecular flexibility index (Phi) is 6.42. The van der Waals surface area contributed by atoms with Gasteiger partial charge >= 0.3 is 0 Å². The lowest BCUT2D eigenvalue weighted by Crippen LogP contribution is -2.27. The average Bonchev–Trinajstić information content (AvgIpc) is 3.42. The largest absolute Gasteiger partial charge is 0.371 e. The zero-order valence-corrected chi connectivity index (χ0v) is 20.1. The highest BCUT2D eigenvalue weighted by Crippen LogP contribution is 2.30. The van der Waals surface area contributed by atoms with Crippen LogP contribution in [0.1, 0.15) is 28.8 Å². The molecule has 0 aliphatic carbocycles. The number of fused-ring (bicyclic) bond motifs is 1. The van der Waals surface area contributed by atoms with Crippen molar-refractivity contribution in [2.24, 2.45) is 0 Å². The van der Waals surface area contributed by atoms with Gasteiger partial charge in [0.25, 0.3) is 15.9 Å². The van der Waals surface area contributed by atoms with Gasteiger partial charge in [0.15, 0.2) is 0 Å². The molecule has 2 N–H and O–H groups in total. The topological polar surface area (TPSA) is 78.5 Å². The number of carbonyl (C=O) groups excluding carboxylic acids is 1. The fraction of sp³-hybridized carbons (Fsp3) is 0.179. The number of anilines is 2. The van der Waals surface area contributed by atoms with Gasteiger partial charge in [0.05, 0.1) is 10.5 Å². The summed E-state index contributed by atoms with van der Waals surface area (Å²) in [5.74, 6) is -0.234. The average molecular weight is 486 g/mol. The van der Waals surface area contributed by atoms with Crippen molar-refractivity contribution in [1.82, 2.24) is 5.32 Å². The van der Waals surface area contributed by atoms with Crippen LogP contribution in [0, 0.1) is 0 Å². The number of rotatable bonds is 7. The third-order valence-electron chi connectivity index (χ3n) is 6.28. The number of nitrogens with one attached hydrogen (secondary N) is 2. The van der Waals surface area contributed by atoms with Gasteiger partial charge in [-0.15, -0.1) is 0 Å². The molecule has 0 atom stereocenters. The first-order valence-corrected chi connectivity index (χ1v) is 13.2. The van der Waals surface area contributed by atoms with Gasteiger partial charge < -0.3 is 10.2 Å². The number of carbonyl (C=O) groups is 1. The lowest BCUT2D eigenvalue weighted by molar-refractivity contribution is 0.0951. The second-order valence-corrected chi connectivity index (χ2v) is 10.3. The number of hydrogen-bond donors (Lipinski definition) is 2. The zero-order chi connectivity index (χ0) is 24.3. The Bertz CT molecular complexity index is 1460. The first-order chi connectivity index (χ1) is 17.0. The minimum Gasteiger partial charge on any atom is -0.371 e. The molecule has 1 fully saturated rings. The number of benzene rings is 4. The van der Waals surface area contributed by atoms with E-state index >= 15 is 0 Å². The van der Waals surface area contributed by atoms with Crippen molar-refractivity contribution in [3.05, 3.63) is 102 Å². The monoisotopic (exact) mass is 485 g/mol. The maximum Gasteiger partial charge on any atom is 0.262 e. The van der Waals surface area contributed by atoms with Crippen molar-refractivity contribution in [2.45, 2.75) is 24.3 Å². The molecule has 0 bridgehead atoms. The Balaban J connectivity index is 1.46. The van der Waals surface area contributed by atoms with E-state index in [1.807, 2.05) is 60.7 Å². The first-order valence-electron chi connectivity index (χ1n) is 11.7. The Morgan fingerprint density at radius 3 is 2.34 bits per heavy atom. The van der Waals surface area contributed by atoms with Crippen LogP contribution in [0.4, 0.5) is 11.4 Å². The molecule has 6 nitrogen and oxygen atoms in total.